The van der Waals surface area contributed by atoms with Crippen LogP contribution in [-0.4, -0.2) is 22.0 Å². The molecule has 0 unspecified atom stereocenters. The molecule has 0 aliphatic rings. The van der Waals surface area contributed by atoms with Gasteiger partial charge in [0.05, 0.1) is 0 Å². The Morgan fingerprint density at radius 1 is 1.60 bits per heavy atom. The van der Waals surface area contributed by atoms with Gasteiger partial charge in [0.25, 0.3) is 10.2 Å². The Morgan fingerprint density at radius 2 is 2.20 bits per heavy atom. The molecular formula is C5H10N2O2S. The van der Waals surface area contributed by atoms with Gasteiger partial charge < -0.3 is 0 Å². The summed E-state index contributed by atoms with van der Waals surface area (Å²) < 4.78 is 25.5. The van der Waals surface area contributed by atoms with E-state index in [9.17, 15) is 8.42 Å². The highest BCUT2D eigenvalue weighted by Gasteiger charge is 2.01. The van der Waals surface area contributed by atoms with Crippen LogP contribution < -0.4 is 9.44 Å². The molecule has 0 fully saturated rings. The summed E-state index contributed by atoms with van der Waals surface area (Å²) >= 11 is 0. The Labute approximate surface area is 61.2 Å². The van der Waals surface area contributed by atoms with E-state index in [4.69, 9.17) is 6.42 Å². The second-order valence-corrected chi connectivity index (χ2v) is 3.26. The van der Waals surface area contributed by atoms with Crippen molar-refractivity contribution < 1.29 is 8.42 Å². The molecular weight excluding hydrogens is 152 g/mol. The average Bonchev–Trinajstić information content (AvgIpc) is 1.89. The van der Waals surface area contributed by atoms with Crippen LogP contribution in [0.1, 0.15) is 6.42 Å². The van der Waals surface area contributed by atoms with Gasteiger partial charge in [-0.2, -0.15) is 8.42 Å². The monoisotopic (exact) mass is 162 g/mol. The normalized spacial score (nSPS) is 10.8. The maximum Gasteiger partial charge on any atom is 0.276 e. The molecule has 0 atom stereocenters. The van der Waals surface area contributed by atoms with Crippen molar-refractivity contribution in [2.24, 2.45) is 0 Å². The van der Waals surface area contributed by atoms with Crippen molar-refractivity contribution in [3.05, 3.63) is 0 Å². The van der Waals surface area contributed by atoms with Crippen LogP contribution in [0.25, 0.3) is 0 Å². The van der Waals surface area contributed by atoms with E-state index in [1.807, 2.05) is 0 Å². The highest BCUT2D eigenvalue weighted by atomic mass is 32.2. The second-order valence-electron chi connectivity index (χ2n) is 1.56. The van der Waals surface area contributed by atoms with Crippen molar-refractivity contribution in [3.8, 4) is 12.3 Å². The number of hydrogen-bond donors (Lipinski definition) is 2. The van der Waals surface area contributed by atoms with Crippen molar-refractivity contribution in [1.82, 2.24) is 9.44 Å². The summed E-state index contributed by atoms with van der Waals surface area (Å²) in [6.45, 7) is 0.277. The fourth-order valence-corrected chi connectivity index (χ4v) is 0.845. The molecule has 0 aliphatic carbocycles. The van der Waals surface area contributed by atoms with Gasteiger partial charge in [-0.15, -0.1) is 12.3 Å². The molecule has 0 spiro atoms. The van der Waals surface area contributed by atoms with E-state index in [0.717, 1.165) is 0 Å². The molecule has 0 saturated heterocycles. The molecule has 0 radical (unpaired) electrons. The summed E-state index contributed by atoms with van der Waals surface area (Å²) in [5.74, 6) is 2.31. The van der Waals surface area contributed by atoms with Crippen LogP contribution in [-0.2, 0) is 10.2 Å². The van der Waals surface area contributed by atoms with Crippen LogP contribution >= 0.6 is 0 Å². The van der Waals surface area contributed by atoms with Gasteiger partial charge in [-0.3, -0.25) is 0 Å². The smallest absolute Gasteiger partial charge is 0.205 e. The first-order chi connectivity index (χ1) is 4.62. The van der Waals surface area contributed by atoms with Crippen LogP contribution in [0.2, 0.25) is 0 Å². The Balaban J connectivity index is 3.61. The third kappa shape index (κ3) is 4.32. The molecule has 0 bridgehead atoms. The first-order valence-electron chi connectivity index (χ1n) is 2.74. The van der Waals surface area contributed by atoms with E-state index in [0.29, 0.717) is 6.42 Å². The van der Waals surface area contributed by atoms with Gasteiger partial charge in [-0.05, 0) is 0 Å². The third-order valence-corrected chi connectivity index (χ3v) is 1.95. The molecule has 5 heteroatoms. The van der Waals surface area contributed by atoms with E-state index in [2.05, 4.69) is 15.4 Å². The number of nitrogens with one attached hydrogen (secondary N) is 2. The van der Waals surface area contributed by atoms with Crippen LogP contribution in [0.4, 0.5) is 0 Å². The molecule has 2 N–H and O–H groups in total. The highest BCUT2D eigenvalue weighted by Crippen LogP contribution is 1.75. The standard InChI is InChI=1S/C5H10N2O2S/c1-3-4-5-7-10(8,9)6-2/h1,6-7H,4-5H2,2H3. The van der Waals surface area contributed by atoms with Crippen molar-refractivity contribution in [2.45, 2.75) is 6.42 Å². The zero-order valence-electron chi connectivity index (χ0n) is 5.72. The van der Waals surface area contributed by atoms with E-state index in [1.165, 1.54) is 7.05 Å². The molecule has 0 aromatic heterocycles. The number of rotatable bonds is 4. The maximum atomic E-state index is 10.6. The van der Waals surface area contributed by atoms with Gasteiger partial charge in [-0.25, -0.2) is 9.44 Å². The van der Waals surface area contributed by atoms with Gasteiger partial charge in [0.1, 0.15) is 0 Å². The molecule has 0 aromatic carbocycles. The Bertz CT molecular complexity index is 214. The van der Waals surface area contributed by atoms with E-state index in [-0.39, 0.29) is 6.54 Å². The number of hydrogen-bond acceptors (Lipinski definition) is 2. The van der Waals surface area contributed by atoms with Crippen LogP contribution in [0.15, 0.2) is 0 Å². The lowest BCUT2D eigenvalue weighted by Crippen LogP contribution is -2.34. The largest absolute Gasteiger partial charge is 0.276 e. The van der Waals surface area contributed by atoms with Crippen LogP contribution in [0.3, 0.4) is 0 Å². The Hall–Kier alpha value is -0.570. The maximum absolute atomic E-state index is 10.6. The molecule has 0 saturated carbocycles. The second kappa shape index (κ2) is 4.28. The van der Waals surface area contributed by atoms with Crippen molar-refractivity contribution >= 4 is 10.2 Å². The quantitative estimate of drug-likeness (QED) is 0.414. The van der Waals surface area contributed by atoms with Gasteiger partial charge in [0, 0.05) is 20.0 Å². The Kier molecular flexibility index (Phi) is 4.03. The van der Waals surface area contributed by atoms with Crippen molar-refractivity contribution in [2.75, 3.05) is 13.6 Å². The predicted octanol–water partition coefficient (Wildman–Crippen LogP) is -0.937. The van der Waals surface area contributed by atoms with E-state index < -0.39 is 10.2 Å². The first kappa shape index (κ1) is 9.43. The van der Waals surface area contributed by atoms with Crippen LogP contribution in [0, 0.1) is 12.3 Å². The Morgan fingerprint density at radius 3 is 2.60 bits per heavy atom. The van der Waals surface area contributed by atoms with E-state index in [1.54, 1.807) is 0 Å². The summed E-state index contributed by atoms with van der Waals surface area (Å²) in [7, 11) is -1.96. The minimum Gasteiger partial charge on any atom is -0.205 e. The summed E-state index contributed by atoms with van der Waals surface area (Å²) in [4.78, 5) is 0. The summed E-state index contributed by atoms with van der Waals surface area (Å²) in [5.41, 5.74) is 0. The van der Waals surface area contributed by atoms with Gasteiger partial charge >= 0.3 is 0 Å². The first-order valence-corrected chi connectivity index (χ1v) is 4.22. The van der Waals surface area contributed by atoms with Gasteiger partial charge in [0.15, 0.2) is 0 Å². The molecule has 58 valence electrons. The molecule has 10 heavy (non-hydrogen) atoms. The molecule has 0 heterocycles. The lowest BCUT2D eigenvalue weighted by atomic mass is 10.5. The molecule has 0 rings (SSSR count). The number of terminal acetylenes is 1. The highest BCUT2D eigenvalue weighted by molar-refractivity contribution is 7.87. The van der Waals surface area contributed by atoms with Gasteiger partial charge in [-0.1, -0.05) is 0 Å². The van der Waals surface area contributed by atoms with Gasteiger partial charge in [0.2, 0.25) is 0 Å². The molecule has 0 aromatic rings. The summed E-state index contributed by atoms with van der Waals surface area (Å²) in [6.07, 6.45) is 5.30. The zero-order chi connectivity index (χ0) is 8.04. The van der Waals surface area contributed by atoms with E-state index >= 15 is 0 Å². The third-order valence-electron chi connectivity index (χ3n) is 0.830. The minimum absolute atomic E-state index is 0.277. The predicted molar refractivity (Wildman–Crippen MR) is 39.4 cm³/mol. The SMILES string of the molecule is C#CCCNS(=O)(=O)NC. The van der Waals surface area contributed by atoms with Crippen LogP contribution in [0.5, 0.6) is 0 Å². The minimum atomic E-state index is -3.29. The lowest BCUT2D eigenvalue weighted by molar-refractivity contribution is 0.574. The fourth-order valence-electron chi connectivity index (χ4n) is 0.330. The van der Waals surface area contributed by atoms with Crippen molar-refractivity contribution in [3.63, 3.8) is 0 Å². The molecule has 0 aliphatic heterocycles. The van der Waals surface area contributed by atoms with Crippen molar-refractivity contribution in [1.29, 1.82) is 0 Å². The lowest BCUT2D eigenvalue weighted by Gasteiger charge is -2.00. The average molecular weight is 162 g/mol. The topological polar surface area (TPSA) is 58.2 Å². The summed E-state index contributed by atoms with van der Waals surface area (Å²) in [5, 5.41) is 0. The molecule has 4 nitrogen and oxygen atoms in total. The fraction of sp³-hybridized carbons (Fsp3) is 0.600. The zero-order valence-corrected chi connectivity index (χ0v) is 6.53. The summed E-state index contributed by atoms with van der Waals surface area (Å²) in [6, 6.07) is 0. The molecule has 0 amide bonds.